The van der Waals surface area contributed by atoms with Crippen molar-refractivity contribution in [3.05, 3.63) is 11.5 Å². The van der Waals surface area contributed by atoms with Crippen LogP contribution in [0.25, 0.3) is 11.2 Å². The van der Waals surface area contributed by atoms with Crippen molar-refractivity contribution in [2.24, 2.45) is 13.0 Å². The second kappa shape index (κ2) is 6.14. The van der Waals surface area contributed by atoms with Gasteiger partial charge in [0.2, 0.25) is 0 Å². The van der Waals surface area contributed by atoms with E-state index in [1.165, 1.54) is 0 Å². The smallest absolute Gasteiger partial charge is 0.159 e. The number of fused-ring (bicyclic) bond motifs is 1. The number of ether oxygens (including phenoxy) is 1. The Morgan fingerprint density at radius 2 is 2.05 bits per heavy atom. The molecule has 0 saturated carbocycles. The molecule has 0 radical (unpaired) electrons. The first-order chi connectivity index (χ1) is 9.54. The maximum atomic E-state index is 6.10. The quantitative estimate of drug-likeness (QED) is 0.770. The van der Waals surface area contributed by atoms with Gasteiger partial charge in [0.15, 0.2) is 5.65 Å². The molecule has 20 heavy (non-hydrogen) atoms. The number of halogens is 1. The highest BCUT2D eigenvalue weighted by Gasteiger charge is 2.25. The molecule has 6 heteroatoms. The molecule has 5 nitrogen and oxygen atoms in total. The average molecular weight is 299 g/mol. The summed E-state index contributed by atoms with van der Waals surface area (Å²) in [6, 6.07) is 0.207. The first-order valence-corrected chi connectivity index (χ1v) is 7.56. The van der Waals surface area contributed by atoms with Crippen LogP contribution in [0.2, 0.25) is 0 Å². The van der Waals surface area contributed by atoms with Crippen molar-refractivity contribution in [3.63, 3.8) is 0 Å². The van der Waals surface area contributed by atoms with Crippen LogP contribution in [-0.4, -0.2) is 33.0 Å². The van der Waals surface area contributed by atoms with Gasteiger partial charge in [0, 0.05) is 14.2 Å². The number of alkyl halides is 1. The summed E-state index contributed by atoms with van der Waals surface area (Å²) in [6.07, 6.45) is 0.868. The third-order valence-electron chi connectivity index (χ3n) is 3.70. The van der Waals surface area contributed by atoms with Gasteiger partial charge in [-0.1, -0.05) is 20.8 Å². The number of imidazole rings is 1. The SMILES string of the molecule is CCc1nn(C)c2c1nc(CCl)n2C(COC)C(C)C. The van der Waals surface area contributed by atoms with Gasteiger partial charge >= 0.3 is 0 Å². The van der Waals surface area contributed by atoms with Gasteiger partial charge in [0.05, 0.1) is 24.2 Å². The van der Waals surface area contributed by atoms with Crippen LogP contribution < -0.4 is 0 Å². The lowest BCUT2D eigenvalue weighted by Gasteiger charge is -2.24. The van der Waals surface area contributed by atoms with Crippen LogP contribution in [0.5, 0.6) is 0 Å². The summed E-state index contributed by atoms with van der Waals surface area (Å²) in [7, 11) is 3.69. The number of methoxy groups -OCH3 is 1. The van der Waals surface area contributed by atoms with Gasteiger partial charge in [-0.25, -0.2) is 4.98 Å². The third kappa shape index (κ3) is 2.44. The lowest BCUT2D eigenvalue weighted by atomic mass is 10.1. The summed E-state index contributed by atoms with van der Waals surface area (Å²) in [4.78, 5) is 4.70. The average Bonchev–Trinajstić information content (AvgIpc) is 2.93. The van der Waals surface area contributed by atoms with E-state index >= 15 is 0 Å². The highest BCUT2D eigenvalue weighted by atomic mass is 35.5. The third-order valence-corrected chi connectivity index (χ3v) is 3.94. The van der Waals surface area contributed by atoms with E-state index in [-0.39, 0.29) is 6.04 Å². The van der Waals surface area contributed by atoms with Gasteiger partial charge in [0.25, 0.3) is 0 Å². The Bertz CT molecular complexity index is 588. The van der Waals surface area contributed by atoms with Crippen LogP contribution in [-0.2, 0) is 24.1 Å². The van der Waals surface area contributed by atoms with Crippen molar-refractivity contribution < 1.29 is 4.74 Å². The van der Waals surface area contributed by atoms with E-state index in [0.29, 0.717) is 18.4 Å². The van der Waals surface area contributed by atoms with E-state index in [1.54, 1.807) is 7.11 Å². The zero-order valence-corrected chi connectivity index (χ0v) is 13.6. The summed E-state index contributed by atoms with van der Waals surface area (Å²) in [6.45, 7) is 7.10. The highest BCUT2D eigenvalue weighted by Crippen LogP contribution is 2.28. The first kappa shape index (κ1) is 15.3. The van der Waals surface area contributed by atoms with Crippen molar-refractivity contribution in [3.8, 4) is 0 Å². The van der Waals surface area contributed by atoms with Crippen LogP contribution in [0.3, 0.4) is 0 Å². The van der Waals surface area contributed by atoms with Crippen LogP contribution in [0.4, 0.5) is 0 Å². The molecule has 1 atom stereocenters. The summed E-state index contributed by atoms with van der Waals surface area (Å²) in [5.41, 5.74) is 3.02. The molecule has 0 bridgehead atoms. The normalized spacial score (nSPS) is 13.6. The van der Waals surface area contributed by atoms with Crippen LogP contribution in [0, 0.1) is 5.92 Å². The fourth-order valence-corrected chi connectivity index (χ4v) is 2.85. The Labute approximate surface area is 124 Å². The summed E-state index contributed by atoms with van der Waals surface area (Å²) >= 11 is 6.10. The van der Waals surface area contributed by atoms with Crippen LogP contribution >= 0.6 is 11.6 Å². The minimum Gasteiger partial charge on any atom is -0.383 e. The number of nitrogens with zero attached hydrogens (tertiary/aromatic N) is 4. The monoisotopic (exact) mass is 298 g/mol. The standard InChI is InChI=1S/C14H23ClN4O/c1-6-10-13-14(18(4)17-10)19(12(7-15)16-13)11(8-20-5)9(2)3/h9,11H,6-8H2,1-5H3. The topological polar surface area (TPSA) is 44.9 Å². The molecule has 0 aliphatic carbocycles. The Morgan fingerprint density at radius 3 is 2.55 bits per heavy atom. The summed E-state index contributed by atoms with van der Waals surface area (Å²) in [5, 5.41) is 4.56. The number of aromatic nitrogens is 4. The molecule has 0 aliphatic heterocycles. The van der Waals surface area contributed by atoms with Crippen LogP contribution in [0.1, 0.15) is 38.3 Å². The van der Waals surface area contributed by atoms with E-state index in [0.717, 1.165) is 29.1 Å². The molecule has 1 unspecified atom stereocenters. The molecule has 2 aromatic rings. The molecule has 0 spiro atoms. The lowest BCUT2D eigenvalue weighted by Crippen LogP contribution is -2.23. The fraction of sp³-hybridized carbons (Fsp3) is 0.714. The van der Waals surface area contributed by atoms with Crippen molar-refractivity contribution in [1.82, 2.24) is 19.3 Å². The Hall–Kier alpha value is -1.07. The van der Waals surface area contributed by atoms with Crippen molar-refractivity contribution in [1.29, 1.82) is 0 Å². The van der Waals surface area contributed by atoms with E-state index in [9.17, 15) is 0 Å². The molecule has 0 N–H and O–H groups in total. The Balaban J connectivity index is 2.68. The number of rotatable bonds is 6. The summed E-state index contributed by atoms with van der Waals surface area (Å²) in [5.74, 6) is 1.71. The maximum absolute atomic E-state index is 6.10. The molecule has 2 aromatic heterocycles. The molecule has 0 saturated heterocycles. The van der Waals surface area contributed by atoms with Gasteiger partial charge < -0.3 is 9.30 Å². The maximum Gasteiger partial charge on any atom is 0.159 e. The van der Waals surface area contributed by atoms with Crippen LogP contribution in [0.15, 0.2) is 0 Å². The minimum atomic E-state index is 0.207. The predicted octanol–water partition coefficient (Wildman–Crippen LogP) is 2.91. The van der Waals surface area contributed by atoms with Crippen molar-refractivity contribution >= 4 is 22.8 Å². The van der Waals surface area contributed by atoms with E-state index in [1.807, 2.05) is 11.7 Å². The largest absolute Gasteiger partial charge is 0.383 e. The molecule has 0 fully saturated rings. The molecule has 0 amide bonds. The molecule has 0 aliphatic rings. The molecule has 2 rings (SSSR count). The zero-order chi connectivity index (χ0) is 14.9. The van der Waals surface area contributed by atoms with Gasteiger partial charge in [-0.05, 0) is 12.3 Å². The number of hydrogen-bond donors (Lipinski definition) is 0. The molecular formula is C14H23ClN4O. The van der Waals surface area contributed by atoms with Gasteiger partial charge in [-0.3, -0.25) is 4.68 Å². The second-order valence-corrected chi connectivity index (χ2v) is 5.66. The van der Waals surface area contributed by atoms with Gasteiger partial charge in [0.1, 0.15) is 11.3 Å². The number of hydrogen-bond acceptors (Lipinski definition) is 3. The van der Waals surface area contributed by atoms with Gasteiger partial charge in [-0.2, -0.15) is 5.10 Å². The predicted molar refractivity (Wildman–Crippen MR) is 81.2 cm³/mol. The summed E-state index contributed by atoms with van der Waals surface area (Å²) < 4.78 is 9.49. The molecular weight excluding hydrogens is 276 g/mol. The fourth-order valence-electron chi connectivity index (χ4n) is 2.66. The van der Waals surface area contributed by atoms with E-state index < -0.39 is 0 Å². The number of aryl methyl sites for hydroxylation is 2. The lowest BCUT2D eigenvalue weighted by molar-refractivity contribution is 0.133. The zero-order valence-electron chi connectivity index (χ0n) is 12.9. The Morgan fingerprint density at radius 1 is 1.35 bits per heavy atom. The second-order valence-electron chi connectivity index (χ2n) is 5.39. The molecule has 0 aromatic carbocycles. The highest BCUT2D eigenvalue weighted by molar-refractivity contribution is 6.16. The van der Waals surface area contributed by atoms with Gasteiger partial charge in [-0.15, -0.1) is 11.6 Å². The molecule has 2 heterocycles. The van der Waals surface area contributed by atoms with E-state index in [4.69, 9.17) is 21.3 Å². The van der Waals surface area contributed by atoms with Crippen molar-refractivity contribution in [2.45, 2.75) is 39.1 Å². The van der Waals surface area contributed by atoms with E-state index in [2.05, 4.69) is 30.4 Å². The van der Waals surface area contributed by atoms with Crippen molar-refractivity contribution in [2.75, 3.05) is 13.7 Å². The first-order valence-electron chi connectivity index (χ1n) is 7.02. The molecule has 112 valence electrons. The minimum absolute atomic E-state index is 0.207. The Kier molecular flexibility index (Phi) is 4.70.